The van der Waals surface area contributed by atoms with E-state index in [1.165, 1.54) is 18.4 Å². The Morgan fingerprint density at radius 3 is 3.06 bits per heavy atom. The minimum absolute atomic E-state index is 0.380. The number of rotatable bonds is 2. The Hall–Kier alpha value is -1.53. The van der Waals surface area contributed by atoms with Crippen LogP contribution in [0.15, 0.2) is 24.5 Å². The molecule has 6 heteroatoms. The Balaban J connectivity index is 2.57. The molecule has 0 bridgehead atoms. The van der Waals surface area contributed by atoms with E-state index in [0.717, 1.165) is 10.4 Å². The summed E-state index contributed by atoms with van der Waals surface area (Å²) in [5.41, 5.74) is 1.23. The van der Waals surface area contributed by atoms with Crippen molar-refractivity contribution in [3.63, 3.8) is 0 Å². The number of thiazole rings is 1. The van der Waals surface area contributed by atoms with E-state index in [2.05, 4.69) is 14.7 Å². The van der Waals surface area contributed by atoms with Gasteiger partial charge < -0.3 is 9.72 Å². The molecule has 16 heavy (non-hydrogen) atoms. The summed E-state index contributed by atoms with van der Waals surface area (Å²) in [6.07, 6.45) is 3.36. The van der Waals surface area contributed by atoms with Gasteiger partial charge in [-0.1, -0.05) is 6.07 Å². The number of aromatic amines is 1. The van der Waals surface area contributed by atoms with Gasteiger partial charge in [-0.15, -0.1) is 11.3 Å². The van der Waals surface area contributed by atoms with E-state index in [0.29, 0.717) is 9.65 Å². The molecule has 0 aliphatic heterocycles. The summed E-state index contributed by atoms with van der Waals surface area (Å²) in [5, 5.41) is 0. The number of nitrogens with one attached hydrogen (secondary N) is 1. The fraction of sp³-hybridized carbons (Fsp3) is 0.100. The molecule has 2 rings (SSSR count). The molecule has 0 aromatic carbocycles. The highest BCUT2D eigenvalue weighted by Gasteiger charge is 2.16. The van der Waals surface area contributed by atoms with Gasteiger partial charge in [0.1, 0.15) is 5.69 Å². The number of aromatic nitrogens is 2. The van der Waals surface area contributed by atoms with Gasteiger partial charge in [-0.3, -0.25) is 4.98 Å². The average Bonchev–Trinajstić information content (AvgIpc) is 2.71. The molecule has 0 amide bonds. The predicted octanol–water partition coefficient (Wildman–Crippen LogP) is 2.65. The summed E-state index contributed by atoms with van der Waals surface area (Å²) >= 11 is 6.35. The molecule has 0 atom stereocenters. The van der Waals surface area contributed by atoms with Crippen LogP contribution in [0.5, 0.6) is 0 Å². The third-order valence-electron chi connectivity index (χ3n) is 1.96. The maximum Gasteiger partial charge on any atom is 0.356 e. The number of hydrogen-bond donors (Lipinski definition) is 1. The van der Waals surface area contributed by atoms with Crippen molar-refractivity contribution in [2.45, 2.75) is 0 Å². The van der Waals surface area contributed by atoms with Crippen molar-refractivity contribution in [1.29, 1.82) is 0 Å². The number of esters is 1. The topological polar surface area (TPSA) is 55.0 Å². The molecule has 1 N–H and O–H groups in total. The van der Waals surface area contributed by atoms with Gasteiger partial charge in [0, 0.05) is 18.0 Å². The van der Waals surface area contributed by atoms with Gasteiger partial charge in [-0.05, 0) is 18.3 Å². The van der Waals surface area contributed by atoms with Crippen molar-refractivity contribution >= 4 is 29.5 Å². The zero-order valence-corrected chi connectivity index (χ0v) is 10.0. The number of hydrogen-bond acceptors (Lipinski definition) is 5. The second kappa shape index (κ2) is 4.54. The standard InChI is InChI=1S/C10H8N2O2S2/c1-14-9(13)7-8(16-10(15)12-7)6-3-2-4-11-5-6/h2-5H,1H3,(H,12,15). The molecule has 0 unspecified atom stereocenters. The molecule has 2 heterocycles. The highest BCUT2D eigenvalue weighted by molar-refractivity contribution is 7.73. The highest BCUT2D eigenvalue weighted by Crippen LogP contribution is 2.28. The predicted molar refractivity (Wildman–Crippen MR) is 64.1 cm³/mol. The maximum atomic E-state index is 11.5. The summed E-state index contributed by atoms with van der Waals surface area (Å²) < 4.78 is 5.22. The highest BCUT2D eigenvalue weighted by atomic mass is 32.1. The van der Waals surface area contributed by atoms with E-state index < -0.39 is 5.97 Å². The van der Waals surface area contributed by atoms with Gasteiger partial charge in [-0.2, -0.15) is 0 Å². The van der Waals surface area contributed by atoms with Crippen LogP contribution in [0, 0.1) is 3.95 Å². The van der Waals surface area contributed by atoms with E-state index in [1.807, 2.05) is 6.07 Å². The number of pyridine rings is 1. The van der Waals surface area contributed by atoms with Crippen LogP contribution >= 0.6 is 23.6 Å². The second-order valence-electron chi connectivity index (χ2n) is 2.95. The van der Waals surface area contributed by atoms with Gasteiger partial charge in [0.2, 0.25) is 0 Å². The Labute approximate surface area is 101 Å². The summed E-state index contributed by atoms with van der Waals surface area (Å²) in [6, 6.07) is 3.67. The third kappa shape index (κ3) is 2.02. The number of H-pyrrole nitrogens is 1. The van der Waals surface area contributed by atoms with Crippen LogP contribution in [0.3, 0.4) is 0 Å². The summed E-state index contributed by atoms with van der Waals surface area (Å²) in [5.74, 6) is -0.425. The first-order valence-electron chi connectivity index (χ1n) is 4.44. The lowest BCUT2D eigenvalue weighted by Gasteiger charge is -2.00. The summed E-state index contributed by atoms with van der Waals surface area (Å²) in [6.45, 7) is 0. The van der Waals surface area contributed by atoms with Crippen LogP contribution < -0.4 is 0 Å². The van der Waals surface area contributed by atoms with E-state index in [4.69, 9.17) is 12.2 Å². The maximum absolute atomic E-state index is 11.5. The molecule has 4 nitrogen and oxygen atoms in total. The number of nitrogens with zero attached hydrogens (tertiary/aromatic N) is 1. The zero-order valence-electron chi connectivity index (χ0n) is 8.39. The van der Waals surface area contributed by atoms with E-state index in [1.54, 1.807) is 18.5 Å². The lowest BCUT2D eigenvalue weighted by atomic mass is 10.2. The first kappa shape index (κ1) is 11.0. The second-order valence-corrected chi connectivity index (χ2v) is 4.64. The quantitative estimate of drug-likeness (QED) is 0.659. The minimum Gasteiger partial charge on any atom is -0.464 e. The van der Waals surface area contributed by atoms with Gasteiger partial charge in [0.15, 0.2) is 3.95 Å². The fourth-order valence-electron chi connectivity index (χ4n) is 1.27. The van der Waals surface area contributed by atoms with Crippen LogP contribution in [0.25, 0.3) is 10.4 Å². The van der Waals surface area contributed by atoms with E-state index in [-0.39, 0.29) is 0 Å². The summed E-state index contributed by atoms with van der Waals surface area (Å²) in [4.78, 5) is 19.1. The molecule has 0 aliphatic rings. The lowest BCUT2D eigenvalue weighted by Crippen LogP contribution is -2.03. The van der Waals surface area contributed by atoms with Crippen LogP contribution in [0.4, 0.5) is 0 Å². The lowest BCUT2D eigenvalue weighted by molar-refractivity contribution is 0.0595. The molecule has 0 fully saturated rings. The van der Waals surface area contributed by atoms with Crippen LogP contribution in [-0.2, 0) is 4.74 Å². The monoisotopic (exact) mass is 252 g/mol. The van der Waals surface area contributed by atoms with Gasteiger partial charge >= 0.3 is 5.97 Å². The van der Waals surface area contributed by atoms with Crippen molar-refractivity contribution in [2.75, 3.05) is 7.11 Å². The van der Waals surface area contributed by atoms with Crippen molar-refractivity contribution in [3.05, 3.63) is 34.2 Å². The molecule has 0 aliphatic carbocycles. The first-order valence-corrected chi connectivity index (χ1v) is 5.66. The minimum atomic E-state index is -0.425. The summed E-state index contributed by atoms with van der Waals surface area (Å²) in [7, 11) is 1.34. The normalized spacial score (nSPS) is 10.1. The molecule has 0 spiro atoms. The Kier molecular flexibility index (Phi) is 3.12. The average molecular weight is 252 g/mol. The molecule has 0 saturated carbocycles. The SMILES string of the molecule is COC(=O)c1[nH]c(=S)sc1-c1cccnc1. The third-order valence-corrected chi connectivity index (χ3v) is 3.25. The molecule has 2 aromatic rings. The molecular weight excluding hydrogens is 244 g/mol. The molecule has 0 saturated heterocycles. The smallest absolute Gasteiger partial charge is 0.356 e. The molecular formula is C10H8N2O2S2. The van der Waals surface area contributed by atoms with Crippen molar-refractivity contribution in [3.8, 4) is 10.4 Å². The van der Waals surface area contributed by atoms with E-state index >= 15 is 0 Å². The number of carbonyl (C=O) groups excluding carboxylic acids is 1. The van der Waals surface area contributed by atoms with Crippen molar-refractivity contribution < 1.29 is 9.53 Å². The first-order chi connectivity index (χ1) is 7.72. The number of methoxy groups -OCH3 is 1. The Morgan fingerprint density at radius 1 is 1.62 bits per heavy atom. The number of ether oxygens (including phenoxy) is 1. The van der Waals surface area contributed by atoms with Crippen molar-refractivity contribution in [2.24, 2.45) is 0 Å². The number of carbonyl (C=O) groups is 1. The van der Waals surface area contributed by atoms with Crippen molar-refractivity contribution in [1.82, 2.24) is 9.97 Å². The molecule has 0 radical (unpaired) electrons. The van der Waals surface area contributed by atoms with Crippen LogP contribution in [0.2, 0.25) is 0 Å². The van der Waals surface area contributed by atoms with Gasteiger partial charge in [0.05, 0.1) is 12.0 Å². The Morgan fingerprint density at radius 2 is 2.44 bits per heavy atom. The fourth-order valence-corrected chi connectivity index (χ4v) is 2.44. The zero-order chi connectivity index (χ0) is 11.5. The largest absolute Gasteiger partial charge is 0.464 e. The molecule has 2 aromatic heterocycles. The van der Waals surface area contributed by atoms with E-state index in [9.17, 15) is 4.79 Å². The van der Waals surface area contributed by atoms with Crippen LogP contribution in [-0.4, -0.2) is 23.0 Å². The van der Waals surface area contributed by atoms with Gasteiger partial charge in [-0.25, -0.2) is 4.79 Å². The molecule has 82 valence electrons. The van der Waals surface area contributed by atoms with Gasteiger partial charge in [0.25, 0.3) is 0 Å². The Bertz CT molecular complexity index is 560. The van der Waals surface area contributed by atoms with Crippen LogP contribution in [0.1, 0.15) is 10.5 Å².